The first-order valence-corrected chi connectivity index (χ1v) is 16.7. The zero-order chi connectivity index (χ0) is 32.6. The average molecular weight is 595 g/mol. The van der Waals surface area contributed by atoms with Crippen LogP contribution in [0.5, 0.6) is 0 Å². The van der Waals surface area contributed by atoms with Crippen molar-refractivity contribution in [3.63, 3.8) is 0 Å². The molecule has 2 nitrogen and oxygen atoms in total. The summed E-state index contributed by atoms with van der Waals surface area (Å²) in [6.07, 6.45) is 25.6. The van der Waals surface area contributed by atoms with Crippen LogP contribution in [0.4, 0.5) is 0 Å². The Kier molecular flexibility index (Phi) is 16.1. The lowest BCUT2D eigenvalue weighted by atomic mass is 9.81. The summed E-state index contributed by atoms with van der Waals surface area (Å²) < 4.78 is 0. The number of hydrogen-bond acceptors (Lipinski definition) is 2. The van der Waals surface area contributed by atoms with Crippen LogP contribution in [0.25, 0.3) is 0 Å². The number of carbonyl (C=O) groups is 2. The zero-order valence-electron chi connectivity index (χ0n) is 29.3. The first-order valence-electron chi connectivity index (χ1n) is 16.7. The zero-order valence-corrected chi connectivity index (χ0v) is 29.3. The molecule has 0 heterocycles. The van der Waals surface area contributed by atoms with Crippen molar-refractivity contribution in [1.82, 2.24) is 0 Å². The van der Waals surface area contributed by atoms with Crippen LogP contribution < -0.4 is 0 Å². The molecule has 0 saturated carbocycles. The Labute approximate surface area is 269 Å². The third kappa shape index (κ3) is 12.8. The number of benzene rings is 1. The van der Waals surface area contributed by atoms with Gasteiger partial charge in [0.2, 0.25) is 0 Å². The van der Waals surface area contributed by atoms with Crippen molar-refractivity contribution in [2.45, 2.75) is 133 Å². The summed E-state index contributed by atoms with van der Waals surface area (Å²) in [6.45, 7) is 19.2. The predicted molar refractivity (Wildman–Crippen MR) is 192 cm³/mol. The summed E-state index contributed by atoms with van der Waals surface area (Å²) >= 11 is 0. The minimum atomic E-state index is -0.00641. The van der Waals surface area contributed by atoms with Gasteiger partial charge in [-0.3, -0.25) is 9.59 Å². The summed E-state index contributed by atoms with van der Waals surface area (Å²) in [5.41, 5.74) is 11.8. The van der Waals surface area contributed by atoms with Crippen LogP contribution in [0.1, 0.15) is 152 Å². The molecule has 0 atom stereocenters. The molecule has 0 amide bonds. The minimum absolute atomic E-state index is 0.000618. The summed E-state index contributed by atoms with van der Waals surface area (Å²) in [5, 5.41) is 0. The van der Waals surface area contributed by atoms with Crippen molar-refractivity contribution in [3.05, 3.63) is 116 Å². The summed E-state index contributed by atoms with van der Waals surface area (Å²) in [4.78, 5) is 26.1. The normalized spacial score (nSPS) is 15.2. The molecule has 1 aliphatic rings. The molecule has 0 N–H and O–H groups in total. The largest absolute Gasteiger partial charge is 0.289 e. The van der Waals surface area contributed by atoms with Gasteiger partial charge in [0.25, 0.3) is 0 Å². The van der Waals surface area contributed by atoms with Crippen LogP contribution in [0.15, 0.2) is 99.2 Å². The van der Waals surface area contributed by atoms with Crippen LogP contribution in [0.3, 0.4) is 0 Å². The molecule has 0 aromatic heterocycles. The lowest BCUT2D eigenvalue weighted by molar-refractivity contribution is 0.0972. The van der Waals surface area contributed by atoms with Crippen molar-refractivity contribution in [3.8, 4) is 0 Å². The van der Waals surface area contributed by atoms with E-state index in [0.717, 1.165) is 63.4 Å². The molecule has 0 radical (unpaired) electrons. The first-order chi connectivity index (χ1) is 20.9. The molecule has 0 aliphatic heterocycles. The Morgan fingerprint density at radius 1 is 0.545 bits per heavy atom. The number of fused-ring (bicyclic) bond motifs is 1. The van der Waals surface area contributed by atoms with E-state index < -0.39 is 0 Å². The van der Waals surface area contributed by atoms with Gasteiger partial charge in [-0.25, -0.2) is 0 Å². The van der Waals surface area contributed by atoms with Gasteiger partial charge in [0, 0.05) is 22.3 Å². The van der Waals surface area contributed by atoms with E-state index in [1.54, 1.807) is 13.0 Å². The van der Waals surface area contributed by atoms with Crippen molar-refractivity contribution < 1.29 is 9.59 Å². The quantitative estimate of drug-likeness (QED) is 0.168. The summed E-state index contributed by atoms with van der Waals surface area (Å²) in [5.74, 6) is -0.00703. The lowest BCUT2D eigenvalue weighted by Gasteiger charge is -2.20. The standard InChI is InChI=1S/C42H58O2/c1-30(2)16-10-17-31(3)18-11-19-32(4)20-12-21-33(5)22-13-23-34(6)24-14-25-35(7)28-29-38-37(9)41(43)40-36(8)26-15-27-39(40)42(38)44/h15-16,18,20,22,24,26-28H,10-14,17,19,21,23,25,29H2,1-9H3/b31-18+,32-20+,33-22+,34-24+,35-28+. The van der Waals surface area contributed by atoms with E-state index in [1.165, 1.54) is 39.9 Å². The van der Waals surface area contributed by atoms with Gasteiger partial charge in [0.1, 0.15) is 0 Å². The molecule has 1 aromatic rings. The molecule has 0 spiro atoms. The van der Waals surface area contributed by atoms with Crippen molar-refractivity contribution in [1.29, 1.82) is 0 Å². The van der Waals surface area contributed by atoms with Crippen LogP contribution in [0.2, 0.25) is 0 Å². The van der Waals surface area contributed by atoms with E-state index in [4.69, 9.17) is 0 Å². The van der Waals surface area contributed by atoms with Crippen molar-refractivity contribution >= 4 is 11.6 Å². The van der Waals surface area contributed by atoms with E-state index in [-0.39, 0.29) is 11.6 Å². The first kappa shape index (κ1) is 36.9. The third-order valence-corrected chi connectivity index (χ3v) is 8.68. The molecular weight excluding hydrogens is 536 g/mol. The maximum atomic E-state index is 13.1. The molecular formula is C42H58O2. The van der Waals surface area contributed by atoms with Crippen LogP contribution >= 0.6 is 0 Å². The second-order valence-electron chi connectivity index (χ2n) is 13.2. The Bertz CT molecular complexity index is 1380. The molecule has 0 unspecified atom stereocenters. The molecule has 2 heteroatoms. The maximum absolute atomic E-state index is 13.1. The smallest absolute Gasteiger partial charge is 0.190 e. The van der Waals surface area contributed by atoms with Gasteiger partial charge in [0.15, 0.2) is 11.6 Å². The second kappa shape index (κ2) is 19.2. The van der Waals surface area contributed by atoms with E-state index in [9.17, 15) is 9.59 Å². The monoisotopic (exact) mass is 594 g/mol. The van der Waals surface area contributed by atoms with Gasteiger partial charge in [-0.1, -0.05) is 88.1 Å². The average Bonchev–Trinajstić information content (AvgIpc) is 2.95. The summed E-state index contributed by atoms with van der Waals surface area (Å²) in [6, 6.07) is 5.54. The fraction of sp³-hybridized carbons (Fsp3) is 0.476. The van der Waals surface area contributed by atoms with E-state index >= 15 is 0 Å². The second-order valence-corrected chi connectivity index (χ2v) is 13.2. The van der Waals surface area contributed by atoms with Crippen LogP contribution in [-0.2, 0) is 0 Å². The maximum Gasteiger partial charge on any atom is 0.190 e. The molecule has 238 valence electrons. The highest BCUT2D eigenvalue weighted by molar-refractivity contribution is 6.27. The van der Waals surface area contributed by atoms with Crippen LogP contribution in [0, 0.1) is 6.92 Å². The highest BCUT2D eigenvalue weighted by Crippen LogP contribution is 2.30. The number of aryl methyl sites for hydroxylation is 1. The van der Waals surface area contributed by atoms with Gasteiger partial charge < -0.3 is 0 Å². The summed E-state index contributed by atoms with van der Waals surface area (Å²) in [7, 11) is 0. The SMILES string of the molecule is CC(C)=CCC/C(C)=C/CC/C(C)=C/CC/C(C)=C/CC/C(C)=C/CC/C(C)=C/CC1=C(C)C(=O)c2c(C)cccc2C1=O. The number of allylic oxidation sites excluding steroid dienone is 14. The molecule has 2 rings (SSSR count). The topological polar surface area (TPSA) is 34.1 Å². The van der Waals surface area contributed by atoms with Crippen molar-refractivity contribution in [2.75, 3.05) is 0 Å². The Balaban J connectivity index is 1.71. The lowest BCUT2D eigenvalue weighted by Crippen LogP contribution is -2.21. The fourth-order valence-corrected chi connectivity index (χ4v) is 5.62. The Morgan fingerprint density at radius 3 is 1.39 bits per heavy atom. The predicted octanol–water partition coefficient (Wildman–Crippen LogP) is 12.7. The van der Waals surface area contributed by atoms with Gasteiger partial charge in [-0.15, -0.1) is 0 Å². The molecule has 0 saturated heterocycles. The number of hydrogen-bond donors (Lipinski definition) is 0. The van der Waals surface area contributed by atoms with E-state index in [2.05, 4.69) is 84.9 Å². The number of carbonyl (C=O) groups excluding carboxylic acids is 2. The van der Waals surface area contributed by atoms with Gasteiger partial charge in [-0.2, -0.15) is 0 Å². The Morgan fingerprint density at radius 2 is 0.955 bits per heavy atom. The van der Waals surface area contributed by atoms with Gasteiger partial charge in [-0.05, 0) is 139 Å². The van der Waals surface area contributed by atoms with E-state index in [1.807, 2.05) is 19.1 Å². The minimum Gasteiger partial charge on any atom is -0.289 e. The van der Waals surface area contributed by atoms with Crippen LogP contribution in [-0.4, -0.2) is 11.6 Å². The molecule has 44 heavy (non-hydrogen) atoms. The highest BCUT2D eigenvalue weighted by Gasteiger charge is 2.30. The van der Waals surface area contributed by atoms with E-state index in [0.29, 0.717) is 28.7 Å². The van der Waals surface area contributed by atoms with Gasteiger partial charge >= 0.3 is 0 Å². The number of ketones is 2. The molecule has 0 fully saturated rings. The van der Waals surface area contributed by atoms with Gasteiger partial charge in [0.05, 0.1) is 0 Å². The number of Topliss-reactive ketones (excluding diaryl/α,β-unsaturated/α-hetero) is 2. The number of rotatable bonds is 17. The fourth-order valence-electron chi connectivity index (χ4n) is 5.62. The molecule has 1 aromatic carbocycles. The Hall–Kier alpha value is -3.26. The third-order valence-electron chi connectivity index (χ3n) is 8.68. The highest BCUT2D eigenvalue weighted by atomic mass is 16.1. The molecule has 0 bridgehead atoms. The molecule has 1 aliphatic carbocycles. The van der Waals surface area contributed by atoms with Crippen molar-refractivity contribution in [2.24, 2.45) is 0 Å².